The number of halogens is 6. The van der Waals surface area contributed by atoms with E-state index in [9.17, 15) is 45.5 Å². The lowest BCUT2D eigenvalue weighted by molar-refractivity contribution is -0.133. The van der Waals surface area contributed by atoms with Gasteiger partial charge in [-0.05, 0) is 179 Å². The van der Waals surface area contributed by atoms with Crippen molar-refractivity contribution in [2.45, 2.75) is 45.3 Å². The number of piperazine rings is 5. The molecule has 6 aliphatic rings. The van der Waals surface area contributed by atoms with Crippen LogP contribution in [0, 0.1) is 34.9 Å². The van der Waals surface area contributed by atoms with Crippen molar-refractivity contribution < 1.29 is 59.7 Å². The van der Waals surface area contributed by atoms with Gasteiger partial charge in [-0.25, -0.2) is 85.2 Å². The maximum absolute atomic E-state index is 13.6. The van der Waals surface area contributed by atoms with Crippen LogP contribution in [-0.2, 0) is 38.8 Å². The first-order valence-corrected chi connectivity index (χ1v) is 44.7. The van der Waals surface area contributed by atoms with Crippen LogP contribution in [0.1, 0.15) is 25.7 Å². The Kier molecular flexibility index (Phi) is 30.8. The lowest BCUT2D eigenvalue weighted by Gasteiger charge is -2.35. The van der Waals surface area contributed by atoms with Gasteiger partial charge in [0.05, 0.1) is 13.2 Å². The molecule has 6 fully saturated rings. The molecule has 6 aliphatic heterocycles. The van der Waals surface area contributed by atoms with Gasteiger partial charge in [-0.2, -0.15) is 0 Å². The van der Waals surface area contributed by atoms with Crippen LogP contribution in [0.2, 0.25) is 0 Å². The van der Waals surface area contributed by atoms with E-state index in [1.807, 2.05) is 17.0 Å². The summed E-state index contributed by atoms with van der Waals surface area (Å²) >= 11 is 0. The molecule has 0 atom stereocenters. The molecule has 4 amide bonds. The number of hydrogen-bond donors (Lipinski definition) is 0. The van der Waals surface area contributed by atoms with E-state index in [1.54, 1.807) is 93.6 Å². The third-order valence-corrected chi connectivity index (χ3v) is 23.9. The number of anilines is 3. The minimum Gasteiger partial charge on any atom is -0.477 e. The van der Waals surface area contributed by atoms with E-state index in [1.165, 1.54) is 106 Å². The van der Waals surface area contributed by atoms with Gasteiger partial charge in [-0.1, -0.05) is 0 Å². The largest absolute Gasteiger partial charge is 0.477 e. The molecule has 0 N–H and O–H groups in total. The number of carbonyl (C=O) groups excluding carboxylic acids is 4. The predicted octanol–water partition coefficient (Wildman–Crippen LogP) is 9.12. The van der Waals surface area contributed by atoms with Crippen LogP contribution >= 0.6 is 0 Å². The molecule has 12 aromatic rings. The van der Waals surface area contributed by atoms with Crippen molar-refractivity contribution in [1.29, 1.82) is 0 Å². The molecule has 39 heteroatoms. The first-order chi connectivity index (χ1) is 64.7. The van der Waals surface area contributed by atoms with Crippen LogP contribution in [0.5, 0.6) is 17.6 Å². The van der Waals surface area contributed by atoms with Gasteiger partial charge in [0.15, 0.2) is 34.9 Å². The average Bonchev–Trinajstić information content (AvgIpc) is 1.68. The Hall–Kier alpha value is -13.9. The maximum atomic E-state index is 13.6. The summed E-state index contributed by atoms with van der Waals surface area (Å²) in [6.45, 7) is 20.0. The number of benzene rings is 6. The molecule has 0 bridgehead atoms. The Bertz CT molecular complexity index is 5850. The molecule has 33 nitrogen and oxygen atoms in total. The van der Waals surface area contributed by atoms with Crippen molar-refractivity contribution in [2.75, 3.05) is 206 Å². The number of likely N-dealkylation sites (tertiary alicyclic amines) is 1. The summed E-state index contributed by atoms with van der Waals surface area (Å²) in [6.07, 6.45) is 7.71. The molecule has 6 aromatic heterocycles. The molecule has 694 valence electrons. The van der Waals surface area contributed by atoms with Gasteiger partial charge in [-0.3, -0.25) is 24.1 Å². The standard InChI is InChI=1S/C32H37F2N9O2.C31H35F2N9O2.C31H32F2N8O3/c1-39-12-14-40(15-13-39)11-2-20-45-29-21-28(35-23-36-29)41-16-18-42(19-17-41)30(44)22-43-32(25-5-9-27(34)10-6-25)37-31(38-43)24-3-7-26(33)8-4-24;1-38-10-12-39(13-11-38)18-19-44-28-20-27(34-22-35-28)40-14-16-41(17-15-40)29(43)21-42-31(24-4-8-26(33)9-5-24)36-30(37-42)23-2-6-25(32)7-3-23;32-24-8-4-22(5-9-24)30-36-31(23-6-10-25(33)11-7-23)41(37-30)20-29(43)40-16-14-38(15-17-40)26-19-27(35-21-34-26)44-18-2-13-39-12-1-3-28(39)42/h3-10,21,23H,2,11-20,22H2,1H3;2-9,20,22H,10-19,21H2,1H3;4-11,19,21H,1-3,12-18,20H2. The number of hydrogen-bond acceptors (Lipinski definition) is 26. The maximum Gasteiger partial charge on any atom is 0.244 e. The van der Waals surface area contributed by atoms with Crippen molar-refractivity contribution >= 4 is 41.1 Å². The average molecular weight is 1820 g/mol. The lowest BCUT2D eigenvalue weighted by atomic mass is 10.2. The zero-order valence-electron chi connectivity index (χ0n) is 74.1. The molecule has 0 aliphatic carbocycles. The third kappa shape index (κ3) is 25.0. The molecule has 0 radical (unpaired) electrons. The third-order valence-electron chi connectivity index (χ3n) is 23.9. The van der Waals surface area contributed by atoms with Gasteiger partial charge in [0.1, 0.15) is 97.6 Å². The minimum atomic E-state index is -0.384. The fourth-order valence-corrected chi connectivity index (χ4v) is 16.2. The summed E-state index contributed by atoms with van der Waals surface area (Å²) in [5.41, 5.74) is 3.68. The van der Waals surface area contributed by atoms with E-state index < -0.39 is 0 Å². The predicted molar refractivity (Wildman–Crippen MR) is 484 cm³/mol. The first kappa shape index (κ1) is 92.4. The normalized spacial score (nSPS) is 15.9. The monoisotopic (exact) mass is 1820 g/mol. The highest BCUT2D eigenvalue weighted by molar-refractivity contribution is 5.80. The second kappa shape index (κ2) is 44.3. The lowest BCUT2D eigenvalue weighted by Crippen LogP contribution is -2.50. The van der Waals surface area contributed by atoms with Gasteiger partial charge >= 0.3 is 0 Å². The van der Waals surface area contributed by atoms with E-state index in [0.29, 0.717) is 197 Å². The highest BCUT2D eigenvalue weighted by atomic mass is 19.1. The van der Waals surface area contributed by atoms with Crippen molar-refractivity contribution in [3.05, 3.63) is 218 Å². The van der Waals surface area contributed by atoms with Gasteiger partial charge in [0.25, 0.3) is 0 Å². The van der Waals surface area contributed by atoms with Crippen LogP contribution in [0.15, 0.2) is 183 Å². The number of aromatic nitrogens is 15. The Morgan fingerprint density at radius 3 is 0.910 bits per heavy atom. The fraction of sp³-hybridized carbons (Fsp3) is 0.383. The van der Waals surface area contributed by atoms with Gasteiger partial charge in [-0.15, -0.1) is 15.3 Å². The topological polar surface area (TPSA) is 301 Å². The minimum absolute atomic E-state index is 0.0411. The Morgan fingerprint density at radius 1 is 0.323 bits per heavy atom. The number of likely N-dealkylation sites (N-methyl/N-ethyl adjacent to an activating group) is 2. The van der Waals surface area contributed by atoms with Crippen molar-refractivity contribution in [3.8, 4) is 86.0 Å². The quantitative estimate of drug-likeness (QED) is 0.0311. The molecule has 0 spiro atoms. The van der Waals surface area contributed by atoms with E-state index in [-0.39, 0.29) is 78.2 Å². The Morgan fingerprint density at radius 2 is 0.609 bits per heavy atom. The summed E-state index contributed by atoms with van der Waals surface area (Å²) in [5.74, 6) is 3.74. The van der Waals surface area contributed by atoms with Gasteiger partial charge in [0.2, 0.25) is 41.3 Å². The molecule has 6 aromatic carbocycles. The van der Waals surface area contributed by atoms with E-state index >= 15 is 0 Å². The van der Waals surface area contributed by atoms with E-state index in [0.717, 1.165) is 109 Å². The second-order valence-electron chi connectivity index (χ2n) is 33.1. The number of amides is 4. The molecule has 12 heterocycles. The summed E-state index contributed by atoms with van der Waals surface area (Å²) in [7, 11) is 4.30. The van der Waals surface area contributed by atoms with Crippen molar-refractivity contribution in [2.24, 2.45) is 0 Å². The fourth-order valence-electron chi connectivity index (χ4n) is 16.2. The van der Waals surface area contributed by atoms with Crippen LogP contribution in [-0.4, -0.2) is 328 Å². The number of nitrogens with zero attached hydrogens (tertiary/aromatic N) is 26. The van der Waals surface area contributed by atoms with Gasteiger partial charge in [0, 0.05) is 215 Å². The summed E-state index contributed by atoms with van der Waals surface area (Å²) in [4.78, 5) is 115. The van der Waals surface area contributed by atoms with E-state index in [4.69, 9.17) is 14.2 Å². The van der Waals surface area contributed by atoms with Crippen LogP contribution in [0.4, 0.5) is 43.8 Å². The highest BCUT2D eigenvalue weighted by Crippen LogP contribution is 2.31. The molecule has 0 saturated carbocycles. The van der Waals surface area contributed by atoms with Crippen molar-refractivity contribution in [1.82, 2.24) is 113 Å². The SMILES string of the molecule is CN1CCN(CCCOc2cc(N3CCN(C(=O)Cn4nc(-c5ccc(F)cc5)nc4-c4ccc(F)cc4)CC3)ncn2)CC1.CN1CCN(CCOc2cc(N3CCN(C(=O)Cn4nc(-c5ccc(F)cc5)nc4-c4ccc(F)cc4)CC3)ncn2)CC1.O=C1CCCN1CCCOc1cc(N2CCN(C(=O)Cn3nc(-c4ccc(F)cc4)nc3-c3ccc(F)cc3)CC2)ncn1. The summed E-state index contributed by atoms with van der Waals surface area (Å²) < 4.78 is 104. The van der Waals surface area contributed by atoms with Crippen LogP contribution in [0.25, 0.3) is 68.3 Å². The Balaban J connectivity index is 0.000000145. The number of rotatable bonds is 29. The zero-order chi connectivity index (χ0) is 92.1. The number of carbonyl (C=O) groups is 4. The van der Waals surface area contributed by atoms with E-state index in [2.05, 4.69) is 109 Å². The molecule has 6 saturated heterocycles. The van der Waals surface area contributed by atoms with Gasteiger partial charge < -0.3 is 63.2 Å². The molecular formula is C94H104F6N26O7. The smallest absolute Gasteiger partial charge is 0.244 e. The molecule has 133 heavy (non-hydrogen) atoms. The second-order valence-corrected chi connectivity index (χ2v) is 33.1. The molecule has 0 unspecified atom stereocenters. The first-order valence-electron chi connectivity index (χ1n) is 44.7. The Labute approximate surface area is 765 Å². The zero-order valence-corrected chi connectivity index (χ0v) is 74.1. The van der Waals surface area contributed by atoms with Crippen LogP contribution < -0.4 is 28.9 Å². The molecular weight excluding hydrogens is 1720 g/mol. The highest BCUT2D eigenvalue weighted by Gasteiger charge is 2.31. The van der Waals surface area contributed by atoms with Crippen LogP contribution in [0.3, 0.4) is 0 Å². The number of ether oxygens (including phenoxy) is 3. The van der Waals surface area contributed by atoms with Crippen molar-refractivity contribution in [3.63, 3.8) is 0 Å². The summed E-state index contributed by atoms with van der Waals surface area (Å²) in [6, 6.07) is 40.5. The summed E-state index contributed by atoms with van der Waals surface area (Å²) in [5, 5.41) is 13.7. The molecule has 18 rings (SSSR count).